The van der Waals surface area contributed by atoms with Crippen LogP contribution in [0, 0.1) is 0 Å². The Hall–Kier alpha value is -2.97. The molecule has 0 saturated carbocycles. The number of amides is 2. The van der Waals surface area contributed by atoms with E-state index in [9.17, 15) is 9.59 Å². The van der Waals surface area contributed by atoms with Crippen LogP contribution in [-0.2, 0) is 14.3 Å². The number of methoxy groups -OCH3 is 1. The zero-order valence-corrected chi connectivity index (χ0v) is 14.3. The molecule has 0 saturated heterocycles. The molecular formula is C18H20N4O4. The van der Waals surface area contributed by atoms with E-state index >= 15 is 0 Å². The number of carbonyl (C=O) groups is 2. The summed E-state index contributed by atoms with van der Waals surface area (Å²) in [7, 11) is 1.28. The van der Waals surface area contributed by atoms with Crippen molar-refractivity contribution in [3.63, 3.8) is 0 Å². The number of nitrogens with zero attached hydrogens (tertiary/aromatic N) is 1. The Morgan fingerprint density at radius 3 is 3.04 bits per heavy atom. The van der Waals surface area contributed by atoms with Gasteiger partial charge in [-0.3, -0.25) is 15.1 Å². The van der Waals surface area contributed by atoms with Gasteiger partial charge in [-0.15, -0.1) is 0 Å². The van der Waals surface area contributed by atoms with Gasteiger partial charge in [0.2, 0.25) is 5.91 Å². The van der Waals surface area contributed by atoms with E-state index in [0.29, 0.717) is 24.4 Å². The summed E-state index contributed by atoms with van der Waals surface area (Å²) >= 11 is 0. The van der Waals surface area contributed by atoms with Crippen LogP contribution in [0.5, 0.6) is 0 Å². The number of nitrogens with two attached hydrogens (primary N) is 1. The fourth-order valence-corrected chi connectivity index (χ4v) is 2.67. The molecule has 2 amide bonds. The number of hydrogen-bond acceptors (Lipinski definition) is 6. The molecule has 1 aromatic carbocycles. The topological polar surface area (TPSA) is 116 Å². The van der Waals surface area contributed by atoms with Gasteiger partial charge in [0.1, 0.15) is 6.61 Å². The fourth-order valence-electron chi connectivity index (χ4n) is 2.67. The Bertz CT molecular complexity index is 825. The molecule has 1 atom stereocenters. The number of pyridine rings is 1. The van der Waals surface area contributed by atoms with E-state index in [-0.39, 0.29) is 18.6 Å². The van der Waals surface area contributed by atoms with Gasteiger partial charge in [-0.25, -0.2) is 4.79 Å². The number of aromatic nitrogens is 1. The lowest BCUT2D eigenvalue weighted by Crippen LogP contribution is -2.22. The van der Waals surface area contributed by atoms with Crippen LogP contribution in [0.1, 0.15) is 18.2 Å². The molecule has 1 aliphatic rings. The highest BCUT2D eigenvalue weighted by atomic mass is 16.5. The van der Waals surface area contributed by atoms with Crippen LogP contribution in [0.2, 0.25) is 0 Å². The van der Waals surface area contributed by atoms with Crippen LogP contribution in [0.25, 0.3) is 11.1 Å². The highest BCUT2D eigenvalue weighted by Gasteiger charge is 2.15. The lowest BCUT2D eigenvalue weighted by Gasteiger charge is -2.17. The van der Waals surface area contributed by atoms with Crippen molar-refractivity contribution in [2.75, 3.05) is 31.0 Å². The van der Waals surface area contributed by atoms with Crippen LogP contribution in [-0.4, -0.2) is 37.3 Å². The molecule has 0 unspecified atom stereocenters. The molecule has 1 aromatic heterocycles. The standard InChI is InChI=1S/C18H20N4O4/c1-25-18(24)21-12-2-3-13-11-4-6-20-16(8-11)14(19)5-7-26-10-17(23)22-15(13)9-12/h2-4,6,8-9,14H,5,7,10,19H2,1H3,(H,21,24)(H,22,23)/t14-/m0/s1. The number of carbonyl (C=O) groups excluding carboxylic acids is 2. The molecule has 136 valence electrons. The molecule has 4 N–H and O–H groups in total. The first-order valence-corrected chi connectivity index (χ1v) is 8.15. The van der Waals surface area contributed by atoms with E-state index in [1.807, 2.05) is 12.1 Å². The van der Waals surface area contributed by atoms with Crippen LogP contribution in [0.4, 0.5) is 16.2 Å². The van der Waals surface area contributed by atoms with Gasteiger partial charge < -0.3 is 20.5 Å². The summed E-state index contributed by atoms with van der Waals surface area (Å²) in [5.41, 5.74) is 9.60. The molecule has 0 aliphatic carbocycles. The Kier molecular flexibility index (Phi) is 5.45. The summed E-state index contributed by atoms with van der Waals surface area (Å²) in [4.78, 5) is 27.9. The van der Waals surface area contributed by atoms with Crippen molar-refractivity contribution >= 4 is 23.4 Å². The van der Waals surface area contributed by atoms with Crippen LogP contribution < -0.4 is 16.4 Å². The third-order valence-electron chi connectivity index (χ3n) is 4.00. The minimum atomic E-state index is -0.593. The molecular weight excluding hydrogens is 336 g/mol. The van der Waals surface area contributed by atoms with Gasteiger partial charge in [0.25, 0.3) is 0 Å². The van der Waals surface area contributed by atoms with Crippen LogP contribution >= 0.6 is 0 Å². The molecule has 0 fully saturated rings. The van der Waals surface area contributed by atoms with Crippen molar-refractivity contribution in [3.8, 4) is 11.1 Å². The zero-order valence-electron chi connectivity index (χ0n) is 14.3. The van der Waals surface area contributed by atoms with Gasteiger partial charge >= 0.3 is 6.09 Å². The normalized spacial score (nSPS) is 17.2. The van der Waals surface area contributed by atoms with E-state index in [4.69, 9.17) is 10.5 Å². The Labute approximate surface area is 150 Å². The second-order valence-electron chi connectivity index (χ2n) is 5.84. The summed E-state index contributed by atoms with van der Waals surface area (Å²) < 4.78 is 9.98. The van der Waals surface area contributed by atoms with Crippen molar-refractivity contribution in [3.05, 3.63) is 42.2 Å². The first-order chi connectivity index (χ1) is 12.6. The molecule has 8 heteroatoms. The number of anilines is 2. The SMILES string of the molecule is COC(=O)Nc1ccc2c(c1)NC(=O)COCC[C@H](N)c1cc-2ccn1. The minimum absolute atomic E-state index is 0.0812. The lowest BCUT2D eigenvalue weighted by molar-refractivity contribution is -0.120. The Balaban J connectivity index is 2.05. The van der Waals surface area contributed by atoms with Gasteiger partial charge in [0.15, 0.2) is 0 Å². The Morgan fingerprint density at radius 1 is 1.38 bits per heavy atom. The number of nitrogens with one attached hydrogen (secondary N) is 2. The van der Waals surface area contributed by atoms with E-state index in [2.05, 4.69) is 20.4 Å². The predicted molar refractivity (Wildman–Crippen MR) is 96.7 cm³/mol. The second kappa shape index (κ2) is 7.94. The van der Waals surface area contributed by atoms with Gasteiger partial charge in [-0.05, 0) is 36.2 Å². The molecule has 8 nitrogen and oxygen atoms in total. The van der Waals surface area contributed by atoms with Gasteiger partial charge in [0.05, 0.1) is 18.5 Å². The summed E-state index contributed by atoms with van der Waals surface area (Å²) in [5, 5.41) is 5.40. The molecule has 2 aromatic rings. The molecule has 3 rings (SSSR count). The maximum atomic E-state index is 12.2. The maximum Gasteiger partial charge on any atom is 0.411 e. The number of ether oxygens (including phenoxy) is 2. The van der Waals surface area contributed by atoms with Crippen molar-refractivity contribution in [2.45, 2.75) is 12.5 Å². The Morgan fingerprint density at radius 2 is 2.23 bits per heavy atom. The summed E-state index contributed by atoms with van der Waals surface area (Å²) in [5.74, 6) is -0.287. The highest BCUT2D eigenvalue weighted by molar-refractivity contribution is 5.98. The van der Waals surface area contributed by atoms with E-state index in [1.54, 1.807) is 24.4 Å². The maximum absolute atomic E-state index is 12.2. The van der Waals surface area contributed by atoms with Crippen LogP contribution in [0.15, 0.2) is 36.5 Å². The second-order valence-corrected chi connectivity index (χ2v) is 5.84. The zero-order chi connectivity index (χ0) is 18.5. The van der Waals surface area contributed by atoms with Crippen molar-refractivity contribution in [2.24, 2.45) is 5.73 Å². The number of rotatable bonds is 1. The largest absolute Gasteiger partial charge is 0.453 e. The van der Waals surface area contributed by atoms with E-state index < -0.39 is 6.09 Å². The molecule has 2 heterocycles. The molecule has 1 aliphatic heterocycles. The van der Waals surface area contributed by atoms with Crippen molar-refractivity contribution in [1.82, 2.24) is 4.98 Å². The lowest BCUT2D eigenvalue weighted by atomic mass is 10.0. The summed E-state index contributed by atoms with van der Waals surface area (Å²) in [6.45, 7) is 0.277. The fraction of sp³-hybridized carbons (Fsp3) is 0.278. The minimum Gasteiger partial charge on any atom is -0.453 e. The third-order valence-corrected chi connectivity index (χ3v) is 4.00. The number of benzene rings is 1. The smallest absolute Gasteiger partial charge is 0.411 e. The number of fused-ring (bicyclic) bond motifs is 4. The summed E-state index contributed by atoms with van der Waals surface area (Å²) in [6, 6.07) is 8.65. The monoisotopic (exact) mass is 356 g/mol. The molecule has 2 bridgehead atoms. The van der Waals surface area contributed by atoms with Crippen LogP contribution in [0.3, 0.4) is 0 Å². The molecule has 26 heavy (non-hydrogen) atoms. The first kappa shape index (κ1) is 17.8. The average molecular weight is 356 g/mol. The predicted octanol–water partition coefficient (Wildman–Crippen LogP) is 2.29. The number of hydrogen-bond donors (Lipinski definition) is 3. The summed E-state index contributed by atoms with van der Waals surface area (Å²) in [6.07, 6.45) is 1.66. The van der Waals surface area contributed by atoms with E-state index in [1.165, 1.54) is 7.11 Å². The van der Waals surface area contributed by atoms with Gasteiger partial charge in [-0.1, -0.05) is 6.07 Å². The average Bonchev–Trinajstić information content (AvgIpc) is 2.64. The van der Waals surface area contributed by atoms with Gasteiger partial charge in [-0.2, -0.15) is 0 Å². The van der Waals surface area contributed by atoms with Gasteiger partial charge in [0, 0.05) is 30.1 Å². The van der Waals surface area contributed by atoms with Crippen molar-refractivity contribution in [1.29, 1.82) is 0 Å². The first-order valence-electron chi connectivity index (χ1n) is 8.15. The quantitative estimate of drug-likeness (QED) is 0.722. The third kappa shape index (κ3) is 4.16. The molecule has 0 radical (unpaired) electrons. The molecule has 0 spiro atoms. The van der Waals surface area contributed by atoms with E-state index in [0.717, 1.165) is 16.8 Å². The highest BCUT2D eigenvalue weighted by Crippen LogP contribution is 2.32. The van der Waals surface area contributed by atoms with Crippen molar-refractivity contribution < 1.29 is 19.1 Å².